The maximum atomic E-state index is 11.6. The first-order valence-electron chi connectivity index (χ1n) is 6.66. The van der Waals surface area contributed by atoms with Crippen molar-refractivity contribution in [1.29, 1.82) is 0 Å². The predicted octanol–water partition coefficient (Wildman–Crippen LogP) is 1.13. The van der Waals surface area contributed by atoms with E-state index in [1.807, 2.05) is 4.90 Å². The molecule has 0 aliphatic carbocycles. The molecule has 1 aliphatic rings. The van der Waals surface area contributed by atoms with Crippen LogP contribution in [0.2, 0.25) is 0 Å². The molecule has 0 saturated carbocycles. The molecule has 1 aromatic rings. The van der Waals surface area contributed by atoms with Crippen molar-refractivity contribution in [3.05, 3.63) is 12.1 Å². The molecule has 1 aliphatic heterocycles. The van der Waals surface area contributed by atoms with E-state index in [9.17, 15) is 4.79 Å². The molecule has 1 amide bonds. The molecule has 4 N–H and O–H groups in total. The highest BCUT2D eigenvalue weighted by Gasteiger charge is 2.29. The highest BCUT2D eigenvalue weighted by atomic mass is 16.5. The fraction of sp³-hybridized carbons (Fsp3) is 0.500. The van der Waals surface area contributed by atoms with Crippen LogP contribution in [-0.2, 0) is 4.79 Å². The summed E-state index contributed by atoms with van der Waals surface area (Å²) in [5.41, 5.74) is 12.9. The number of ether oxygens (including phenoxy) is 2. The van der Waals surface area contributed by atoms with Gasteiger partial charge in [0.15, 0.2) is 11.5 Å². The minimum atomic E-state index is -0.320. The summed E-state index contributed by atoms with van der Waals surface area (Å²) in [5.74, 6) is 0.839. The largest absolute Gasteiger partial charge is 0.493 e. The quantitative estimate of drug-likeness (QED) is 0.806. The Hall–Kier alpha value is -2.11. The molecule has 1 heterocycles. The maximum Gasteiger partial charge on any atom is 0.240 e. The number of primary amides is 1. The van der Waals surface area contributed by atoms with Crippen LogP contribution in [0, 0.1) is 0 Å². The fourth-order valence-corrected chi connectivity index (χ4v) is 2.65. The first-order chi connectivity index (χ1) is 9.58. The average Bonchev–Trinajstić information content (AvgIpc) is 2.46. The monoisotopic (exact) mass is 279 g/mol. The summed E-state index contributed by atoms with van der Waals surface area (Å²) in [4.78, 5) is 13.6. The van der Waals surface area contributed by atoms with Crippen LogP contribution in [-0.4, -0.2) is 32.7 Å². The lowest BCUT2D eigenvalue weighted by Gasteiger charge is -2.36. The highest BCUT2D eigenvalue weighted by Crippen LogP contribution is 2.38. The van der Waals surface area contributed by atoms with Gasteiger partial charge in [0.05, 0.1) is 25.6 Å². The van der Waals surface area contributed by atoms with Gasteiger partial charge in [-0.2, -0.15) is 0 Å². The number of hydrogen-bond donors (Lipinski definition) is 2. The van der Waals surface area contributed by atoms with Crippen LogP contribution >= 0.6 is 0 Å². The second-order valence-electron chi connectivity index (χ2n) is 4.87. The average molecular weight is 279 g/mol. The van der Waals surface area contributed by atoms with Gasteiger partial charge in [0.25, 0.3) is 0 Å². The molecular weight excluding hydrogens is 258 g/mol. The lowest BCUT2D eigenvalue weighted by atomic mass is 10.00. The molecule has 0 bridgehead atoms. The Morgan fingerprint density at radius 3 is 2.50 bits per heavy atom. The molecular formula is C14H21N3O3. The van der Waals surface area contributed by atoms with Crippen LogP contribution in [0.3, 0.4) is 0 Å². The molecule has 0 spiro atoms. The van der Waals surface area contributed by atoms with Gasteiger partial charge < -0.3 is 25.8 Å². The SMILES string of the molecule is COc1cc(N)c(N2CCCCC2C(N)=O)cc1OC. The molecule has 0 radical (unpaired) electrons. The molecule has 6 heteroatoms. The molecule has 1 atom stereocenters. The summed E-state index contributed by atoms with van der Waals surface area (Å²) in [7, 11) is 3.13. The van der Waals surface area contributed by atoms with Crippen LogP contribution in [0.25, 0.3) is 0 Å². The van der Waals surface area contributed by atoms with Crippen LogP contribution in [0.15, 0.2) is 12.1 Å². The van der Waals surface area contributed by atoms with Crippen molar-refractivity contribution in [1.82, 2.24) is 0 Å². The van der Waals surface area contributed by atoms with Gasteiger partial charge in [-0.05, 0) is 19.3 Å². The van der Waals surface area contributed by atoms with Crippen molar-refractivity contribution in [2.45, 2.75) is 25.3 Å². The summed E-state index contributed by atoms with van der Waals surface area (Å²) >= 11 is 0. The molecule has 2 rings (SSSR count). The zero-order valence-corrected chi connectivity index (χ0v) is 11.9. The van der Waals surface area contributed by atoms with Gasteiger partial charge in [-0.3, -0.25) is 4.79 Å². The Morgan fingerprint density at radius 1 is 1.25 bits per heavy atom. The van der Waals surface area contributed by atoms with Crippen molar-refractivity contribution in [2.24, 2.45) is 5.73 Å². The van der Waals surface area contributed by atoms with E-state index in [-0.39, 0.29) is 11.9 Å². The zero-order valence-electron chi connectivity index (χ0n) is 11.9. The smallest absolute Gasteiger partial charge is 0.240 e. The Kier molecular flexibility index (Phi) is 4.22. The Morgan fingerprint density at radius 2 is 1.90 bits per heavy atom. The van der Waals surface area contributed by atoms with Crippen LogP contribution in [0.4, 0.5) is 11.4 Å². The van der Waals surface area contributed by atoms with E-state index < -0.39 is 0 Å². The number of carbonyl (C=O) groups is 1. The van der Waals surface area contributed by atoms with Crippen LogP contribution in [0.5, 0.6) is 11.5 Å². The standard InChI is InChI=1S/C14H21N3O3/c1-19-12-7-9(15)11(8-13(12)20-2)17-6-4-3-5-10(17)14(16)18/h7-8,10H,3-6,15H2,1-2H3,(H2,16,18). The van der Waals surface area contributed by atoms with Crippen molar-refractivity contribution in [2.75, 3.05) is 31.4 Å². The number of carbonyl (C=O) groups excluding carboxylic acids is 1. The van der Waals surface area contributed by atoms with Crippen LogP contribution in [0.1, 0.15) is 19.3 Å². The Balaban J connectivity index is 2.42. The van der Waals surface area contributed by atoms with Gasteiger partial charge in [0.2, 0.25) is 5.91 Å². The minimum absolute atomic E-state index is 0.316. The van der Waals surface area contributed by atoms with Gasteiger partial charge in [-0.25, -0.2) is 0 Å². The number of anilines is 2. The number of hydrogen-bond acceptors (Lipinski definition) is 5. The first-order valence-corrected chi connectivity index (χ1v) is 6.66. The number of rotatable bonds is 4. The number of amides is 1. The second kappa shape index (κ2) is 5.90. The number of nitrogens with zero attached hydrogens (tertiary/aromatic N) is 1. The molecule has 0 aromatic heterocycles. The summed E-state index contributed by atoms with van der Waals surface area (Å²) < 4.78 is 10.5. The van der Waals surface area contributed by atoms with Gasteiger partial charge >= 0.3 is 0 Å². The molecule has 20 heavy (non-hydrogen) atoms. The third kappa shape index (κ3) is 2.59. The summed E-state index contributed by atoms with van der Waals surface area (Å²) in [6.07, 6.45) is 2.76. The molecule has 1 aromatic carbocycles. The lowest BCUT2D eigenvalue weighted by molar-refractivity contribution is -0.119. The molecule has 6 nitrogen and oxygen atoms in total. The van der Waals surface area contributed by atoms with Gasteiger partial charge in [-0.15, -0.1) is 0 Å². The highest BCUT2D eigenvalue weighted by molar-refractivity contribution is 5.86. The summed E-state index contributed by atoms with van der Waals surface area (Å²) in [5, 5.41) is 0. The van der Waals surface area contributed by atoms with Gasteiger partial charge in [-0.1, -0.05) is 0 Å². The Bertz CT molecular complexity index is 505. The number of nitrogens with two attached hydrogens (primary N) is 2. The number of piperidine rings is 1. The lowest BCUT2D eigenvalue weighted by Crippen LogP contribution is -2.48. The van der Waals surface area contributed by atoms with Crippen molar-refractivity contribution in [3.8, 4) is 11.5 Å². The summed E-state index contributed by atoms with van der Waals surface area (Å²) in [6.45, 7) is 0.757. The van der Waals surface area contributed by atoms with Crippen molar-refractivity contribution in [3.63, 3.8) is 0 Å². The number of methoxy groups -OCH3 is 2. The van der Waals surface area contributed by atoms with E-state index in [0.717, 1.165) is 31.5 Å². The van der Waals surface area contributed by atoms with Gasteiger partial charge in [0, 0.05) is 18.7 Å². The normalized spacial score (nSPS) is 18.7. The zero-order chi connectivity index (χ0) is 14.7. The molecule has 1 saturated heterocycles. The van der Waals surface area contributed by atoms with E-state index in [0.29, 0.717) is 17.2 Å². The van der Waals surface area contributed by atoms with Gasteiger partial charge in [0.1, 0.15) is 6.04 Å². The third-order valence-corrected chi connectivity index (χ3v) is 3.67. The van der Waals surface area contributed by atoms with E-state index >= 15 is 0 Å². The van der Waals surface area contributed by atoms with Crippen molar-refractivity contribution < 1.29 is 14.3 Å². The van der Waals surface area contributed by atoms with Crippen molar-refractivity contribution >= 4 is 17.3 Å². The van der Waals surface area contributed by atoms with E-state index in [4.69, 9.17) is 20.9 Å². The first kappa shape index (κ1) is 14.3. The Labute approximate surface area is 118 Å². The molecule has 1 fully saturated rings. The topological polar surface area (TPSA) is 90.8 Å². The third-order valence-electron chi connectivity index (χ3n) is 3.67. The number of benzene rings is 1. The minimum Gasteiger partial charge on any atom is -0.493 e. The molecule has 1 unspecified atom stereocenters. The van der Waals surface area contributed by atoms with E-state index in [2.05, 4.69) is 0 Å². The fourth-order valence-electron chi connectivity index (χ4n) is 2.65. The van der Waals surface area contributed by atoms with E-state index in [1.165, 1.54) is 0 Å². The predicted molar refractivity (Wildman–Crippen MR) is 78.1 cm³/mol. The summed E-state index contributed by atoms with van der Waals surface area (Å²) in [6, 6.07) is 3.19. The number of nitrogen functional groups attached to an aromatic ring is 1. The van der Waals surface area contributed by atoms with E-state index in [1.54, 1.807) is 26.4 Å². The molecule has 110 valence electrons. The van der Waals surface area contributed by atoms with Crippen LogP contribution < -0.4 is 25.8 Å². The maximum absolute atomic E-state index is 11.6. The second-order valence-corrected chi connectivity index (χ2v) is 4.87.